The van der Waals surface area contributed by atoms with E-state index in [2.05, 4.69) is 14.9 Å². The average molecular weight is 378 g/mol. The minimum absolute atomic E-state index is 0.272. The number of fused-ring (bicyclic) bond motifs is 3. The number of hydrogen-bond donors (Lipinski definition) is 1. The van der Waals surface area contributed by atoms with Gasteiger partial charge in [-0.1, -0.05) is 0 Å². The first kappa shape index (κ1) is 17.4. The Morgan fingerprint density at radius 3 is 2.86 bits per heavy atom. The Bertz CT molecular complexity index is 1130. The van der Waals surface area contributed by atoms with Crippen molar-refractivity contribution in [3.63, 3.8) is 0 Å². The molecule has 5 nitrogen and oxygen atoms in total. The van der Waals surface area contributed by atoms with Gasteiger partial charge in [-0.05, 0) is 69.5 Å². The number of nitrogens with one attached hydrogen (secondary N) is 1. The number of pyridine rings is 1. The van der Waals surface area contributed by atoms with Gasteiger partial charge in [-0.3, -0.25) is 4.98 Å². The van der Waals surface area contributed by atoms with Crippen LogP contribution in [0.3, 0.4) is 0 Å². The molecule has 0 spiro atoms. The van der Waals surface area contributed by atoms with Crippen LogP contribution in [0.15, 0.2) is 41.0 Å². The highest BCUT2D eigenvalue weighted by Gasteiger charge is 2.21. The lowest BCUT2D eigenvalue weighted by atomic mass is 9.94. The summed E-state index contributed by atoms with van der Waals surface area (Å²) in [5, 5.41) is 4.36. The zero-order valence-corrected chi connectivity index (χ0v) is 15.9. The molecule has 0 atom stereocenters. The van der Waals surface area contributed by atoms with Gasteiger partial charge < -0.3 is 14.3 Å². The Morgan fingerprint density at radius 1 is 1.21 bits per heavy atom. The lowest BCUT2D eigenvalue weighted by molar-refractivity contribution is 0.339. The van der Waals surface area contributed by atoms with Crippen LogP contribution in [0, 0.1) is 18.7 Å². The van der Waals surface area contributed by atoms with Crippen molar-refractivity contribution in [2.75, 3.05) is 13.1 Å². The van der Waals surface area contributed by atoms with Crippen molar-refractivity contribution >= 4 is 21.9 Å². The van der Waals surface area contributed by atoms with Crippen molar-refractivity contribution in [3.8, 4) is 11.6 Å². The molecule has 3 aromatic heterocycles. The highest BCUT2D eigenvalue weighted by molar-refractivity contribution is 6.04. The van der Waals surface area contributed by atoms with Crippen LogP contribution >= 0.6 is 0 Å². The molecule has 144 valence electrons. The lowest BCUT2D eigenvalue weighted by Gasteiger charge is -2.23. The van der Waals surface area contributed by atoms with Gasteiger partial charge in [0.05, 0.1) is 23.0 Å². The number of aryl methyl sites for hydroxylation is 2. The Hall–Kier alpha value is -2.73. The topological polar surface area (TPSA) is 55.9 Å². The standard InChI is InChI=1S/C22H23FN4O/c1-14-20-21(17-5-4-16(23)13-18(17)25-14)27(11-8-15-6-9-24-10-7-15)22(26-20)19-3-2-12-28-19/h2-5,12-13,15,24H,6-11H2,1H3. The van der Waals surface area contributed by atoms with Crippen LogP contribution in [0.4, 0.5) is 4.39 Å². The summed E-state index contributed by atoms with van der Waals surface area (Å²) in [7, 11) is 0. The lowest BCUT2D eigenvalue weighted by Crippen LogP contribution is -2.28. The van der Waals surface area contributed by atoms with E-state index in [1.807, 2.05) is 25.1 Å². The summed E-state index contributed by atoms with van der Waals surface area (Å²) < 4.78 is 21.7. The largest absolute Gasteiger partial charge is 0.461 e. The molecule has 0 aliphatic carbocycles. The van der Waals surface area contributed by atoms with Crippen LogP contribution in [0.2, 0.25) is 0 Å². The van der Waals surface area contributed by atoms with Gasteiger partial charge in [0.25, 0.3) is 0 Å². The summed E-state index contributed by atoms with van der Waals surface area (Å²) in [6.45, 7) is 4.97. The van der Waals surface area contributed by atoms with Crippen molar-refractivity contribution in [2.45, 2.75) is 32.7 Å². The quantitative estimate of drug-likeness (QED) is 0.560. The highest BCUT2D eigenvalue weighted by Crippen LogP contribution is 2.33. The van der Waals surface area contributed by atoms with Gasteiger partial charge in [-0.15, -0.1) is 0 Å². The molecule has 1 saturated heterocycles. The Balaban J connectivity index is 1.69. The van der Waals surface area contributed by atoms with E-state index in [1.54, 1.807) is 6.26 Å². The molecular weight excluding hydrogens is 355 g/mol. The van der Waals surface area contributed by atoms with E-state index in [9.17, 15) is 4.39 Å². The second kappa shape index (κ2) is 7.02. The smallest absolute Gasteiger partial charge is 0.177 e. The number of furan rings is 1. The van der Waals surface area contributed by atoms with E-state index in [-0.39, 0.29) is 5.82 Å². The third kappa shape index (κ3) is 2.98. The molecule has 1 aliphatic heterocycles. The van der Waals surface area contributed by atoms with Crippen molar-refractivity contribution < 1.29 is 8.81 Å². The van der Waals surface area contributed by atoms with Crippen molar-refractivity contribution in [3.05, 3.63) is 48.1 Å². The number of imidazole rings is 1. The molecule has 28 heavy (non-hydrogen) atoms. The van der Waals surface area contributed by atoms with Crippen LogP contribution in [0.25, 0.3) is 33.5 Å². The third-order valence-electron chi connectivity index (χ3n) is 5.77. The molecule has 0 unspecified atom stereocenters. The molecule has 0 radical (unpaired) electrons. The zero-order valence-electron chi connectivity index (χ0n) is 15.9. The Morgan fingerprint density at radius 2 is 2.07 bits per heavy atom. The molecule has 4 heterocycles. The first-order valence-electron chi connectivity index (χ1n) is 9.91. The van der Waals surface area contributed by atoms with Gasteiger partial charge in [0.1, 0.15) is 11.3 Å². The van der Waals surface area contributed by atoms with E-state index in [1.165, 1.54) is 25.0 Å². The SMILES string of the molecule is Cc1nc2cc(F)ccc2c2c1nc(-c1ccco1)n2CCC1CCNCC1. The second-order valence-corrected chi connectivity index (χ2v) is 7.60. The Labute approximate surface area is 162 Å². The predicted octanol–water partition coefficient (Wildman–Crippen LogP) is 4.68. The highest BCUT2D eigenvalue weighted by atomic mass is 19.1. The number of aromatic nitrogens is 3. The monoisotopic (exact) mass is 378 g/mol. The number of piperidine rings is 1. The van der Waals surface area contributed by atoms with Crippen molar-refractivity contribution in [2.24, 2.45) is 5.92 Å². The molecule has 1 N–H and O–H groups in total. The molecule has 0 saturated carbocycles. The molecule has 1 aliphatic rings. The number of benzene rings is 1. The van der Waals surface area contributed by atoms with E-state index >= 15 is 0 Å². The van der Waals surface area contributed by atoms with Gasteiger partial charge in [0.2, 0.25) is 0 Å². The third-order valence-corrected chi connectivity index (χ3v) is 5.77. The van der Waals surface area contributed by atoms with Gasteiger partial charge >= 0.3 is 0 Å². The number of nitrogens with zero attached hydrogens (tertiary/aromatic N) is 3. The van der Waals surface area contributed by atoms with Crippen molar-refractivity contribution in [1.82, 2.24) is 19.9 Å². The van der Waals surface area contributed by atoms with Crippen LogP contribution in [0.5, 0.6) is 0 Å². The molecule has 4 aromatic rings. The van der Waals surface area contributed by atoms with Crippen LogP contribution in [-0.4, -0.2) is 27.6 Å². The predicted molar refractivity (Wildman–Crippen MR) is 108 cm³/mol. The van der Waals surface area contributed by atoms with Gasteiger partial charge in [-0.2, -0.15) is 0 Å². The van der Waals surface area contributed by atoms with E-state index in [4.69, 9.17) is 9.40 Å². The summed E-state index contributed by atoms with van der Waals surface area (Å²) >= 11 is 0. The van der Waals surface area contributed by atoms with E-state index in [0.717, 1.165) is 59.8 Å². The fourth-order valence-corrected chi connectivity index (χ4v) is 4.30. The second-order valence-electron chi connectivity index (χ2n) is 7.60. The molecular formula is C22H23FN4O. The maximum absolute atomic E-state index is 13.8. The first-order chi connectivity index (χ1) is 13.7. The van der Waals surface area contributed by atoms with E-state index < -0.39 is 0 Å². The van der Waals surface area contributed by atoms with Crippen LogP contribution in [0.1, 0.15) is 25.0 Å². The van der Waals surface area contributed by atoms with E-state index in [0.29, 0.717) is 11.4 Å². The number of halogens is 1. The minimum Gasteiger partial charge on any atom is -0.461 e. The fourth-order valence-electron chi connectivity index (χ4n) is 4.30. The Kier molecular flexibility index (Phi) is 4.36. The first-order valence-corrected chi connectivity index (χ1v) is 9.91. The zero-order chi connectivity index (χ0) is 19.1. The maximum Gasteiger partial charge on any atom is 0.177 e. The summed E-state index contributed by atoms with van der Waals surface area (Å²) in [4.78, 5) is 9.49. The van der Waals surface area contributed by atoms with Crippen molar-refractivity contribution in [1.29, 1.82) is 0 Å². The molecule has 5 rings (SSSR count). The number of rotatable bonds is 4. The summed E-state index contributed by atoms with van der Waals surface area (Å²) in [5.41, 5.74) is 3.35. The summed E-state index contributed by atoms with van der Waals surface area (Å²) in [6, 6.07) is 8.62. The normalized spacial score (nSPS) is 15.6. The fraction of sp³-hybridized carbons (Fsp3) is 0.364. The maximum atomic E-state index is 13.8. The minimum atomic E-state index is -0.272. The average Bonchev–Trinajstić information content (AvgIpc) is 3.35. The molecule has 6 heteroatoms. The molecule has 1 fully saturated rings. The molecule has 0 bridgehead atoms. The number of hydrogen-bond acceptors (Lipinski definition) is 4. The van der Waals surface area contributed by atoms with Gasteiger partial charge in [-0.25, -0.2) is 9.37 Å². The molecule has 1 aromatic carbocycles. The summed E-state index contributed by atoms with van der Waals surface area (Å²) in [5.74, 6) is 1.99. The summed E-state index contributed by atoms with van der Waals surface area (Å²) in [6.07, 6.45) is 5.17. The molecule has 0 amide bonds. The van der Waals surface area contributed by atoms with Crippen LogP contribution in [-0.2, 0) is 6.54 Å². The van der Waals surface area contributed by atoms with Gasteiger partial charge in [0, 0.05) is 18.0 Å². The van der Waals surface area contributed by atoms with Crippen LogP contribution < -0.4 is 5.32 Å². The van der Waals surface area contributed by atoms with Gasteiger partial charge in [0.15, 0.2) is 11.6 Å².